The van der Waals surface area contributed by atoms with E-state index in [4.69, 9.17) is 16.6 Å². The standard InChI is InChI=1S/C14H32N2O/c15-12-9-7-5-3-1-2-4-6-8-10-14(16)11-13-17/h14,17H,1-13,15-16H2. The summed E-state index contributed by atoms with van der Waals surface area (Å²) in [6, 6.07) is 0.205. The third-order valence-electron chi connectivity index (χ3n) is 3.28. The van der Waals surface area contributed by atoms with Crippen LogP contribution >= 0.6 is 0 Å². The summed E-state index contributed by atoms with van der Waals surface area (Å²) < 4.78 is 0. The normalized spacial score (nSPS) is 12.9. The second-order valence-electron chi connectivity index (χ2n) is 5.03. The Kier molecular flexibility index (Phi) is 13.8. The van der Waals surface area contributed by atoms with Gasteiger partial charge in [-0.1, -0.05) is 51.4 Å². The fourth-order valence-electron chi connectivity index (χ4n) is 2.10. The molecular formula is C14H32N2O. The molecule has 0 fully saturated rings. The minimum atomic E-state index is 0.205. The summed E-state index contributed by atoms with van der Waals surface area (Å²) in [7, 11) is 0. The Hall–Kier alpha value is -0.120. The summed E-state index contributed by atoms with van der Waals surface area (Å²) in [6.07, 6.45) is 13.6. The van der Waals surface area contributed by atoms with Crippen LogP contribution < -0.4 is 11.5 Å². The van der Waals surface area contributed by atoms with Crippen LogP contribution in [-0.4, -0.2) is 24.3 Å². The minimum absolute atomic E-state index is 0.205. The van der Waals surface area contributed by atoms with Gasteiger partial charge in [0.1, 0.15) is 0 Å². The highest BCUT2D eigenvalue weighted by atomic mass is 16.3. The number of unbranched alkanes of at least 4 members (excludes halogenated alkanes) is 8. The van der Waals surface area contributed by atoms with Crippen molar-refractivity contribution in [2.75, 3.05) is 13.2 Å². The van der Waals surface area contributed by atoms with Crippen LogP contribution in [0.3, 0.4) is 0 Å². The van der Waals surface area contributed by atoms with Gasteiger partial charge in [-0.25, -0.2) is 0 Å². The predicted octanol–water partition coefficient (Wildman–Crippen LogP) is 2.56. The Bertz CT molecular complexity index is 142. The molecule has 0 aromatic carbocycles. The summed E-state index contributed by atoms with van der Waals surface area (Å²) in [5, 5.41) is 8.71. The van der Waals surface area contributed by atoms with Gasteiger partial charge >= 0.3 is 0 Å². The molecule has 0 amide bonds. The van der Waals surface area contributed by atoms with Crippen LogP contribution in [0.1, 0.15) is 70.6 Å². The van der Waals surface area contributed by atoms with E-state index in [1.165, 1.54) is 57.8 Å². The summed E-state index contributed by atoms with van der Waals surface area (Å²) in [5.74, 6) is 0. The molecule has 0 radical (unpaired) electrons. The molecule has 5 N–H and O–H groups in total. The van der Waals surface area contributed by atoms with Gasteiger partial charge < -0.3 is 16.6 Å². The van der Waals surface area contributed by atoms with Crippen LogP contribution in [0.4, 0.5) is 0 Å². The lowest BCUT2D eigenvalue weighted by molar-refractivity contribution is 0.271. The topological polar surface area (TPSA) is 72.3 Å². The van der Waals surface area contributed by atoms with Gasteiger partial charge in [0.25, 0.3) is 0 Å². The second kappa shape index (κ2) is 13.9. The molecule has 0 aromatic rings. The fourth-order valence-corrected chi connectivity index (χ4v) is 2.10. The van der Waals surface area contributed by atoms with Gasteiger partial charge in [-0.3, -0.25) is 0 Å². The van der Waals surface area contributed by atoms with Crippen molar-refractivity contribution in [1.29, 1.82) is 0 Å². The maximum absolute atomic E-state index is 8.71. The first kappa shape index (κ1) is 16.9. The number of aliphatic hydroxyl groups excluding tert-OH is 1. The van der Waals surface area contributed by atoms with Crippen molar-refractivity contribution in [3.05, 3.63) is 0 Å². The molecule has 0 bridgehead atoms. The highest BCUT2D eigenvalue weighted by molar-refractivity contribution is 4.60. The lowest BCUT2D eigenvalue weighted by Gasteiger charge is -2.08. The Morgan fingerprint density at radius 3 is 1.65 bits per heavy atom. The van der Waals surface area contributed by atoms with Gasteiger partial charge in [0.05, 0.1) is 0 Å². The van der Waals surface area contributed by atoms with Gasteiger partial charge in [-0.2, -0.15) is 0 Å². The molecule has 0 heterocycles. The molecule has 0 saturated heterocycles. The van der Waals surface area contributed by atoms with E-state index in [0.29, 0.717) is 0 Å². The third-order valence-corrected chi connectivity index (χ3v) is 3.28. The van der Waals surface area contributed by atoms with Gasteiger partial charge in [-0.15, -0.1) is 0 Å². The number of rotatable bonds is 13. The van der Waals surface area contributed by atoms with E-state index >= 15 is 0 Å². The zero-order valence-corrected chi connectivity index (χ0v) is 11.4. The average Bonchev–Trinajstić information content (AvgIpc) is 2.32. The van der Waals surface area contributed by atoms with Crippen LogP contribution in [0.5, 0.6) is 0 Å². The number of hydrogen-bond donors (Lipinski definition) is 3. The Morgan fingerprint density at radius 1 is 0.706 bits per heavy atom. The molecule has 0 aliphatic carbocycles. The molecule has 0 saturated carbocycles. The van der Waals surface area contributed by atoms with Crippen LogP contribution in [-0.2, 0) is 0 Å². The highest BCUT2D eigenvalue weighted by Gasteiger charge is 2.00. The Morgan fingerprint density at radius 2 is 1.18 bits per heavy atom. The monoisotopic (exact) mass is 244 g/mol. The quantitative estimate of drug-likeness (QED) is 0.436. The van der Waals surface area contributed by atoms with Crippen LogP contribution in [0.25, 0.3) is 0 Å². The van der Waals surface area contributed by atoms with Crippen molar-refractivity contribution in [3.63, 3.8) is 0 Å². The predicted molar refractivity (Wildman–Crippen MR) is 74.9 cm³/mol. The summed E-state index contributed by atoms with van der Waals surface area (Å²) in [5.41, 5.74) is 11.3. The molecule has 0 aliphatic heterocycles. The van der Waals surface area contributed by atoms with Gasteiger partial charge in [-0.05, 0) is 25.8 Å². The lowest BCUT2D eigenvalue weighted by Crippen LogP contribution is -2.20. The molecule has 3 heteroatoms. The summed E-state index contributed by atoms with van der Waals surface area (Å²) >= 11 is 0. The van der Waals surface area contributed by atoms with E-state index in [0.717, 1.165) is 19.4 Å². The zero-order chi connectivity index (χ0) is 12.8. The number of hydrogen-bond acceptors (Lipinski definition) is 3. The molecule has 1 unspecified atom stereocenters. The van der Waals surface area contributed by atoms with E-state index in [9.17, 15) is 0 Å². The van der Waals surface area contributed by atoms with E-state index in [1.54, 1.807) is 0 Å². The van der Waals surface area contributed by atoms with Crippen molar-refractivity contribution in [1.82, 2.24) is 0 Å². The smallest absolute Gasteiger partial charge is 0.0445 e. The third kappa shape index (κ3) is 13.8. The maximum atomic E-state index is 8.71. The molecule has 17 heavy (non-hydrogen) atoms. The Balaban J connectivity index is 2.98. The largest absolute Gasteiger partial charge is 0.396 e. The highest BCUT2D eigenvalue weighted by Crippen LogP contribution is 2.11. The van der Waals surface area contributed by atoms with Crippen molar-refractivity contribution in [2.24, 2.45) is 11.5 Å². The molecule has 104 valence electrons. The Labute approximate surface area is 107 Å². The van der Waals surface area contributed by atoms with Gasteiger partial charge in [0.15, 0.2) is 0 Å². The van der Waals surface area contributed by atoms with Crippen molar-refractivity contribution >= 4 is 0 Å². The minimum Gasteiger partial charge on any atom is -0.396 e. The van der Waals surface area contributed by atoms with E-state index in [2.05, 4.69) is 0 Å². The van der Waals surface area contributed by atoms with E-state index < -0.39 is 0 Å². The lowest BCUT2D eigenvalue weighted by atomic mass is 10.0. The molecular weight excluding hydrogens is 212 g/mol. The summed E-state index contributed by atoms with van der Waals surface area (Å²) in [6.45, 7) is 1.07. The molecule has 0 aliphatic rings. The first-order valence-electron chi connectivity index (χ1n) is 7.37. The van der Waals surface area contributed by atoms with Crippen LogP contribution in [0.15, 0.2) is 0 Å². The van der Waals surface area contributed by atoms with Crippen molar-refractivity contribution < 1.29 is 5.11 Å². The average molecular weight is 244 g/mol. The second-order valence-corrected chi connectivity index (χ2v) is 5.03. The number of nitrogens with two attached hydrogens (primary N) is 2. The maximum Gasteiger partial charge on any atom is 0.0445 e. The van der Waals surface area contributed by atoms with Crippen molar-refractivity contribution in [3.8, 4) is 0 Å². The molecule has 1 atom stereocenters. The van der Waals surface area contributed by atoms with Crippen LogP contribution in [0.2, 0.25) is 0 Å². The molecule has 3 nitrogen and oxygen atoms in total. The molecule has 0 rings (SSSR count). The van der Waals surface area contributed by atoms with Gasteiger partial charge in [0, 0.05) is 12.6 Å². The van der Waals surface area contributed by atoms with E-state index in [1.807, 2.05) is 0 Å². The fraction of sp³-hybridized carbons (Fsp3) is 1.00. The number of aliphatic hydroxyl groups is 1. The van der Waals surface area contributed by atoms with Gasteiger partial charge in [0.2, 0.25) is 0 Å². The first-order chi connectivity index (χ1) is 8.31. The van der Waals surface area contributed by atoms with E-state index in [-0.39, 0.29) is 12.6 Å². The zero-order valence-electron chi connectivity index (χ0n) is 11.4. The molecule has 0 spiro atoms. The van der Waals surface area contributed by atoms with Crippen LogP contribution in [0, 0.1) is 0 Å². The van der Waals surface area contributed by atoms with Crippen molar-refractivity contribution in [2.45, 2.75) is 76.7 Å². The SMILES string of the molecule is NCCCCCCCCCCCC(N)CCO. The first-order valence-corrected chi connectivity index (χ1v) is 7.37. The summed E-state index contributed by atoms with van der Waals surface area (Å²) in [4.78, 5) is 0. The molecule has 0 aromatic heterocycles.